The molecule has 0 saturated carbocycles. The van der Waals surface area contributed by atoms with Gasteiger partial charge in [-0.25, -0.2) is 4.79 Å². The van der Waals surface area contributed by atoms with Crippen LogP contribution in [-0.2, 0) is 0 Å². The van der Waals surface area contributed by atoms with E-state index in [2.05, 4.69) is 21.8 Å². The Labute approximate surface area is 124 Å². The highest BCUT2D eigenvalue weighted by atomic mass is 16.4. The Kier molecular flexibility index (Phi) is 4.70. The third-order valence-corrected chi connectivity index (χ3v) is 3.81. The largest absolute Gasteiger partial charge is 0.478 e. The summed E-state index contributed by atoms with van der Waals surface area (Å²) in [5.41, 5.74) is 2.51. The molecular weight excluding hydrogens is 268 g/mol. The van der Waals surface area contributed by atoms with Crippen molar-refractivity contribution >= 4 is 17.8 Å². The first-order valence-corrected chi connectivity index (χ1v) is 6.86. The van der Waals surface area contributed by atoms with E-state index in [1.807, 2.05) is 6.92 Å². The molecule has 0 radical (unpaired) electrons. The number of piperazine rings is 1. The monoisotopic (exact) mass is 288 g/mol. The van der Waals surface area contributed by atoms with Gasteiger partial charge in [-0.05, 0) is 20.0 Å². The van der Waals surface area contributed by atoms with Crippen LogP contribution < -0.4 is 0 Å². The average molecular weight is 288 g/mol. The van der Waals surface area contributed by atoms with E-state index in [1.54, 1.807) is 12.3 Å². The Hall–Kier alpha value is -2.21. The van der Waals surface area contributed by atoms with Crippen molar-refractivity contribution in [2.45, 2.75) is 6.92 Å². The van der Waals surface area contributed by atoms with Crippen molar-refractivity contribution in [2.75, 3.05) is 33.2 Å². The lowest BCUT2D eigenvalue weighted by molar-refractivity contribution is 0.0696. The predicted octanol–water partition coefficient (Wildman–Crippen LogP) is 1.41. The molecule has 2 rings (SSSR count). The maximum absolute atomic E-state index is 11.0. The van der Waals surface area contributed by atoms with E-state index in [4.69, 9.17) is 10.5 Å². The second-order valence-electron chi connectivity index (χ2n) is 5.20. The van der Waals surface area contributed by atoms with Crippen molar-refractivity contribution in [3.05, 3.63) is 35.3 Å². The minimum atomic E-state index is -1.01. The number of hydrogen-bond donors (Lipinski definition) is 2. The van der Waals surface area contributed by atoms with Crippen molar-refractivity contribution in [1.29, 1.82) is 5.41 Å². The van der Waals surface area contributed by atoms with Crippen LogP contribution in [0.15, 0.2) is 24.2 Å². The fourth-order valence-corrected chi connectivity index (χ4v) is 2.41. The van der Waals surface area contributed by atoms with Gasteiger partial charge >= 0.3 is 5.97 Å². The van der Waals surface area contributed by atoms with Crippen molar-refractivity contribution < 1.29 is 9.90 Å². The zero-order chi connectivity index (χ0) is 15.4. The zero-order valence-corrected chi connectivity index (χ0v) is 12.3. The molecule has 1 aromatic heterocycles. The van der Waals surface area contributed by atoms with Crippen LogP contribution in [0, 0.1) is 5.41 Å². The summed E-state index contributed by atoms with van der Waals surface area (Å²) in [6.07, 6.45) is 4.20. The highest BCUT2D eigenvalue weighted by molar-refractivity contribution is 6.09. The molecule has 2 N–H and O–H groups in total. The molecule has 1 fully saturated rings. The smallest absolute Gasteiger partial charge is 0.337 e. The third-order valence-electron chi connectivity index (χ3n) is 3.81. The first-order chi connectivity index (χ1) is 10.0. The number of pyridine rings is 1. The fraction of sp³-hybridized carbons (Fsp3) is 0.400. The zero-order valence-electron chi connectivity index (χ0n) is 12.3. The quantitative estimate of drug-likeness (QED) is 0.819. The van der Waals surface area contributed by atoms with Gasteiger partial charge in [-0.15, -0.1) is 0 Å². The molecule has 0 amide bonds. The minimum absolute atomic E-state index is 0.137. The van der Waals surface area contributed by atoms with Gasteiger partial charge in [0.2, 0.25) is 0 Å². The number of aromatic carboxylic acids is 1. The number of carboxylic acid groups (broad SMARTS) is 1. The van der Waals surface area contributed by atoms with Crippen LogP contribution in [-0.4, -0.2) is 65.3 Å². The standard InChI is InChI=1S/C15H20N4O2/c1-11(19-5-3-18(2)4-6-19)14(8-16)12-7-13(15(20)21)10-17-9-12/h7-10,16H,3-6H2,1-2H3,(H,20,21)/b14-11-,16-8?. The molecule has 0 aromatic carbocycles. The fourth-order valence-electron chi connectivity index (χ4n) is 2.41. The molecule has 6 nitrogen and oxygen atoms in total. The number of hydrogen-bond acceptors (Lipinski definition) is 5. The van der Waals surface area contributed by atoms with Crippen LogP contribution in [0.25, 0.3) is 5.57 Å². The van der Waals surface area contributed by atoms with Gasteiger partial charge in [0.25, 0.3) is 0 Å². The second-order valence-corrected chi connectivity index (χ2v) is 5.20. The molecule has 112 valence electrons. The van der Waals surface area contributed by atoms with Gasteiger partial charge in [0.1, 0.15) is 0 Å². The van der Waals surface area contributed by atoms with Crippen LogP contribution in [0.2, 0.25) is 0 Å². The van der Waals surface area contributed by atoms with Gasteiger partial charge < -0.3 is 20.3 Å². The average Bonchev–Trinajstić information content (AvgIpc) is 2.49. The van der Waals surface area contributed by atoms with Crippen molar-refractivity contribution in [2.24, 2.45) is 0 Å². The number of rotatable bonds is 4. The summed E-state index contributed by atoms with van der Waals surface area (Å²) < 4.78 is 0. The molecule has 0 bridgehead atoms. The highest BCUT2D eigenvalue weighted by Gasteiger charge is 2.17. The summed E-state index contributed by atoms with van der Waals surface area (Å²) in [6, 6.07) is 1.56. The minimum Gasteiger partial charge on any atom is -0.478 e. The second kappa shape index (κ2) is 6.49. The van der Waals surface area contributed by atoms with Gasteiger partial charge in [-0.2, -0.15) is 0 Å². The van der Waals surface area contributed by atoms with E-state index in [0.29, 0.717) is 5.56 Å². The SMILES string of the molecule is C/C(=C(\C=N)c1cncc(C(=O)O)c1)N1CCN(C)CC1. The van der Waals surface area contributed by atoms with Crippen LogP contribution >= 0.6 is 0 Å². The number of likely N-dealkylation sites (N-methyl/N-ethyl adjacent to an activating group) is 1. The Balaban J connectivity index is 2.33. The van der Waals surface area contributed by atoms with Gasteiger partial charge in [0.05, 0.1) is 5.56 Å². The van der Waals surface area contributed by atoms with Gasteiger partial charge in [0, 0.05) is 61.6 Å². The van der Waals surface area contributed by atoms with Crippen molar-refractivity contribution in [1.82, 2.24) is 14.8 Å². The normalized spacial score (nSPS) is 17.3. The summed E-state index contributed by atoms with van der Waals surface area (Å²) in [5.74, 6) is -1.01. The van der Waals surface area contributed by atoms with Crippen molar-refractivity contribution in [3.63, 3.8) is 0 Å². The molecule has 6 heteroatoms. The van der Waals surface area contributed by atoms with E-state index in [1.165, 1.54) is 12.4 Å². The number of allylic oxidation sites excluding steroid dienone is 2. The van der Waals surface area contributed by atoms with Crippen LogP contribution in [0.3, 0.4) is 0 Å². The van der Waals surface area contributed by atoms with Gasteiger partial charge in [-0.1, -0.05) is 0 Å². The molecule has 1 saturated heterocycles. The molecule has 1 aliphatic heterocycles. The molecule has 0 aliphatic carbocycles. The highest BCUT2D eigenvalue weighted by Crippen LogP contribution is 2.21. The first kappa shape index (κ1) is 15.2. The lowest BCUT2D eigenvalue weighted by Crippen LogP contribution is -2.43. The molecule has 21 heavy (non-hydrogen) atoms. The van der Waals surface area contributed by atoms with Crippen molar-refractivity contribution in [3.8, 4) is 0 Å². The molecule has 1 aliphatic rings. The summed E-state index contributed by atoms with van der Waals surface area (Å²) in [7, 11) is 2.09. The predicted molar refractivity (Wildman–Crippen MR) is 81.6 cm³/mol. The van der Waals surface area contributed by atoms with E-state index in [0.717, 1.165) is 37.4 Å². The molecular formula is C15H20N4O2. The third kappa shape index (κ3) is 3.46. The van der Waals surface area contributed by atoms with Crippen LogP contribution in [0.1, 0.15) is 22.8 Å². The number of carboxylic acids is 1. The lowest BCUT2D eigenvalue weighted by Gasteiger charge is -2.35. The maximum atomic E-state index is 11.0. The molecule has 2 heterocycles. The summed E-state index contributed by atoms with van der Waals surface area (Å²) >= 11 is 0. The van der Waals surface area contributed by atoms with E-state index >= 15 is 0 Å². The number of aromatic nitrogens is 1. The maximum Gasteiger partial charge on any atom is 0.337 e. The number of nitrogens with zero attached hydrogens (tertiary/aromatic N) is 3. The Bertz CT molecular complexity index is 575. The molecule has 0 atom stereocenters. The summed E-state index contributed by atoms with van der Waals surface area (Å²) in [4.78, 5) is 19.5. The Morgan fingerprint density at radius 2 is 1.90 bits per heavy atom. The summed E-state index contributed by atoms with van der Waals surface area (Å²) in [6.45, 7) is 5.75. The number of nitrogens with one attached hydrogen (secondary N) is 1. The van der Waals surface area contributed by atoms with Gasteiger partial charge in [0.15, 0.2) is 0 Å². The van der Waals surface area contributed by atoms with Crippen LogP contribution in [0.5, 0.6) is 0 Å². The molecule has 0 spiro atoms. The van der Waals surface area contributed by atoms with Crippen LogP contribution in [0.4, 0.5) is 0 Å². The lowest BCUT2D eigenvalue weighted by atomic mass is 10.0. The van der Waals surface area contributed by atoms with E-state index in [-0.39, 0.29) is 5.56 Å². The van der Waals surface area contributed by atoms with Gasteiger partial charge in [-0.3, -0.25) is 4.98 Å². The number of carbonyl (C=O) groups is 1. The Morgan fingerprint density at radius 1 is 1.29 bits per heavy atom. The Morgan fingerprint density at radius 3 is 2.48 bits per heavy atom. The van der Waals surface area contributed by atoms with E-state index in [9.17, 15) is 4.79 Å². The first-order valence-electron chi connectivity index (χ1n) is 6.86. The van der Waals surface area contributed by atoms with E-state index < -0.39 is 5.97 Å². The molecule has 0 unspecified atom stereocenters. The summed E-state index contributed by atoms with van der Waals surface area (Å²) in [5, 5.41) is 16.7. The molecule has 1 aromatic rings. The topological polar surface area (TPSA) is 80.5 Å².